The lowest BCUT2D eigenvalue weighted by molar-refractivity contribution is 0.475. The third kappa shape index (κ3) is 3.11. The third-order valence-corrected chi connectivity index (χ3v) is 4.41. The summed E-state index contributed by atoms with van der Waals surface area (Å²) in [6, 6.07) is 17.1. The van der Waals surface area contributed by atoms with E-state index in [-0.39, 0.29) is 5.75 Å². The van der Waals surface area contributed by atoms with Crippen molar-refractivity contribution in [2.45, 2.75) is 13.8 Å². The molecule has 0 amide bonds. The first-order chi connectivity index (χ1) is 12.5. The number of anilines is 2. The van der Waals surface area contributed by atoms with Crippen LogP contribution in [0.2, 0.25) is 5.02 Å². The fourth-order valence-corrected chi connectivity index (χ4v) is 3.34. The van der Waals surface area contributed by atoms with Gasteiger partial charge in [0.2, 0.25) is 0 Å². The van der Waals surface area contributed by atoms with E-state index >= 15 is 0 Å². The number of pyridine rings is 1. The van der Waals surface area contributed by atoms with Gasteiger partial charge < -0.3 is 10.4 Å². The van der Waals surface area contributed by atoms with E-state index in [9.17, 15) is 5.11 Å². The second kappa shape index (κ2) is 6.39. The molecule has 2 heterocycles. The van der Waals surface area contributed by atoms with E-state index in [0.717, 1.165) is 28.4 Å². The van der Waals surface area contributed by atoms with Crippen LogP contribution in [-0.4, -0.2) is 14.5 Å². The Labute approximate surface area is 156 Å². The summed E-state index contributed by atoms with van der Waals surface area (Å²) in [4.78, 5) is 4.74. The van der Waals surface area contributed by atoms with Gasteiger partial charge in [-0.05, 0) is 61.4 Å². The molecule has 0 unspecified atom stereocenters. The summed E-state index contributed by atoms with van der Waals surface area (Å²) in [5.41, 5.74) is 5.70. The number of nitrogens with zero attached hydrogens (tertiary/aromatic N) is 2. The molecule has 0 aliphatic carbocycles. The lowest BCUT2D eigenvalue weighted by atomic mass is 10.1. The maximum absolute atomic E-state index is 9.87. The van der Waals surface area contributed by atoms with Crippen LogP contribution in [0.5, 0.6) is 5.75 Å². The minimum absolute atomic E-state index is 0.204. The number of aromatic hydroxyl groups is 1. The van der Waals surface area contributed by atoms with Gasteiger partial charge >= 0.3 is 0 Å². The highest BCUT2D eigenvalue weighted by molar-refractivity contribution is 6.30. The van der Waals surface area contributed by atoms with Gasteiger partial charge in [0, 0.05) is 17.4 Å². The normalized spacial score (nSPS) is 11.0. The van der Waals surface area contributed by atoms with E-state index in [0.29, 0.717) is 5.02 Å². The highest BCUT2D eigenvalue weighted by atomic mass is 35.5. The molecule has 0 bridgehead atoms. The summed E-state index contributed by atoms with van der Waals surface area (Å²) in [7, 11) is 0. The molecule has 2 aromatic heterocycles. The third-order valence-electron chi connectivity index (χ3n) is 4.19. The predicted octanol–water partition coefficient (Wildman–Crippen LogP) is 5.72. The molecule has 0 aliphatic heterocycles. The molecule has 2 aromatic carbocycles. The molecule has 26 heavy (non-hydrogen) atoms. The molecule has 0 saturated heterocycles. The molecular formula is C21H18ClN3O. The van der Waals surface area contributed by atoms with E-state index in [2.05, 4.69) is 37.4 Å². The van der Waals surface area contributed by atoms with Crippen molar-refractivity contribution >= 4 is 28.8 Å². The van der Waals surface area contributed by atoms with Gasteiger partial charge in [0.25, 0.3) is 0 Å². The van der Waals surface area contributed by atoms with Crippen molar-refractivity contribution in [3.8, 4) is 17.0 Å². The fraction of sp³-hybridized carbons (Fsp3) is 0.0952. The van der Waals surface area contributed by atoms with E-state index in [1.165, 1.54) is 11.1 Å². The van der Waals surface area contributed by atoms with E-state index in [1.54, 1.807) is 12.1 Å². The Bertz CT molecular complexity index is 1100. The first-order valence-electron chi connectivity index (χ1n) is 8.32. The number of imidazole rings is 1. The summed E-state index contributed by atoms with van der Waals surface area (Å²) in [5.74, 6) is 1.01. The molecule has 0 aliphatic rings. The Hall–Kier alpha value is -2.98. The van der Waals surface area contributed by atoms with Gasteiger partial charge in [-0.1, -0.05) is 29.8 Å². The second-order valence-electron chi connectivity index (χ2n) is 6.44. The molecule has 4 aromatic rings. The Morgan fingerprint density at radius 3 is 2.50 bits per heavy atom. The van der Waals surface area contributed by atoms with Crippen molar-refractivity contribution in [1.82, 2.24) is 9.38 Å². The number of phenols is 1. The number of benzene rings is 2. The number of halogens is 1. The SMILES string of the molecule is Cc1cc(C)cc(Nc2c(-c3cccc(O)c3)nc3ccc(Cl)cn23)c1. The monoisotopic (exact) mass is 363 g/mol. The standard InChI is InChI=1S/C21H18ClN3O/c1-13-8-14(2)10-17(9-13)23-21-20(15-4-3-5-18(26)11-15)24-19-7-6-16(22)12-25(19)21/h3-12,23,26H,1-2H3. The van der Waals surface area contributed by atoms with Crippen LogP contribution >= 0.6 is 11.6 Å². The van der Waals surface area contributed by atoms with Crippen molar-refractivity contribution in [2.75, 3.05) is 5.32 Å². The largest absolute Gasteiger partial charge is 0.508 e. The Morgan fingerprint density at radius 1 is 1.00 bits per heavy atom. The molecule has 4 rings (SSSR count). The molecule has 5 heteroatoms. The van der Waals surface area contributed by atoms with Crippen LogP contribution in [0.15, 0.2) is 60.8 Å². The molecule has 0 saturated carbocycles. The van der Waals surface area contributed by atoms with Crippen LogP contribution in [0.4, 0.5) is 11.5 Å². The number of fused-ring (bicyclic) bond motifs is 1. The minimum Gasteiger partial charge on any atom is -0.508 e. The van der Waals surface area contributed by atoms with Crippen molar-refractivity contribution in [3.05, 3.63) is 76.9 Å². The topological polar surface area (TPSA) is 49.6 Å². The molecule has 4 nitrogen and oxygen atoms in total. The van der Waals surface area contributed by atoms with Crippen LogP contribution in [0, 0.1) is 13.8 Å². The van der Waals surface area contributed by atoms with Crippen LogP contribution in [-0.2, 0) is 0 Å². The van der Waals surface area contributed by atoms with Crippen molar-refractivity contribution in [3.63, 3.8) is 0 Å². The van der Waals surface area contributed by atoms with Gasteiger partial charge in [0.15, 0.2) is 0 Å². The van der Waals surface area contributed by atoms with Crippen molar-refractivity contribution in [2.24, 2.45) is 0 Å². The molecule has 0 fully saturated rings. The summed E-state index contributed by atoms with van der Waals surface area (Å²) in [5, 5.41) is 14.0. The number of aromatic nitrogens is 2. The van der Waals surface area contributed by atoms with E-state index in [4.69, 9.17) is 16.6 Å². The average Bonchev–Trinajstić information content (AvgIpc) is 2.92. The van der Waals surface area contributed by atoms with Crippen LogP contribution in [0.1, 0.15) is 11.1 Å². The van der Waals surface area contributed by atoms with Gasteiger partial charge in [-0.15, -0.1) is 0 Å². The maximum Gasteiger partial charge on any atom is 0.143 e. The fourth-order valence-electron chi connectivity index (χ4n) is 3.18. The second-order valence-corrected chi connectivity index (χ2v) is 6.87. The Kier molecular flexibility index (Phi) is 4.05. The van der Waals surface area contributed by atoms with Gasteiger partial charge in [-0.2, -0.15) is 0 Å². The van der Waals surface area contributed by atoms with E-state index in [1.807, 2.05) is 34.9 Å². The summed E-state index contributed by atoms with van der Waals surface area (Å²) in [6.45, 7) is 4.14. The molecule has 0 atom stereocenters. The van der Waals surface area contributed by atoms with Crippen LogP contribution in [0.3, 0.4) is 0 Å². The summed E-state index contributed by atoms with van der Waals surface area (Å²) < 4.78 is 1.93. The summed E-state index contributed by atoms with van der Waals surface area (Å²) >= 11 is 6.21. The molecular weight excluding hydrogens is 346 g/mol. The smallest absolute Gasteiger partial charge is 0.143 e. The molecule has 130 valence electrons. The first kappa shape index (κ1) is 16.5. The number of nitrogens with one attached hydrogen (secondary N) is 1. The quantitative estimate of drug-likeness (QED) is 0.489. The molecule has 0 spiro atoms. The Balaban J connectivity index is 1.93. The first-order valence-corrected chi connectivity index (χ1v) is 8.70. The van der Waals surface area contributed by atoms with Crippen LogP contribution < -0.4 is 5.32 Å². The van der Waals surface area contributed by atoms with Crippen molar-refractivity contribution < 1.29 is 5.11 Å². The Morgan fingerprint density at radius 2 is 1.77 bits per heavy atom. The van der Waals surface area contributed by atoms with Gasteiger partial charge in [-0.3, -0.25) is 4.40 Å². The zero-order valence-corrected chi connectivity index (χ0v) is 15.2. The number of hydrogen-bond donors (Lipinski definition) is 2. The number of hydrogen-bond acceptors (Lipinski definition) is 3. The van der Waals surface area contributed by atoms with Crippen LogP contribution in [0.25, 0.3) is 16.9 Å². The number of phenolic OH excluding ortho intramolecular Hbond substituents is 1. The summed E-state index contributed by atoms with van der Waals surface area (Å²) in [6.07, 6.45) is 1.83. The maximum atomic E-state index is 9.87. The highest BCUT2D eigenvalue weighted by Gasteiger charge is 2.15. The number of rotatable bonds is 3. The lowest BCUT2D eigenvalue weighted by Crippen LogP contribution is -1.98. The van der Waals surface area contributed by atoms with Gasteiger partial charge in [0.1, 0.15) is 22.9 Å². The minimum atomic E-state index is 0.204. The lowest BCUT2D eigenvalue weighted by Gasteiger charge is -2.11. The molecule has 0 radical (unpaired) electrons. The van der Waals surface area contributed by atoms with Gasteiger partial charge in [0.05, 0.1) is 5.02 Å². The number of aryl methyl sites for hydroxylation is 2. The van der Waals surface area contributed by atoms with E-state index < -0.39 is 0 Å². The van der Waals surface area contributed by atoms with Gasteiger partial charge in [-0.25, -0.2) is 4.98 Å². The predicted molar refractivity (Wildman–Crippen MR) is 107 cm³/mol. The van der Waals surface area contributed by atoms with Crippen molar-refractivity contribution in [1.29, 1.82) is 0 Å². The average molecular weight is 364 g/mol. The highest BCUT2D eigenvalue weighted by Crippen LogP contribution is 2.33. The zero-order chi connectivity index (χ0) is 18.3. The zero-order valence-electron chi connectivity index (χ0n) is 14.5. The molecule has 2 N–H and O–H groups in total.